The Kier molecular flexibility index (Phi) is 6.48. The molecular weight excluding hydrogens is 383 g/mol. The number of carbonyl (C=O) groups is 2. The molecule has 0 spiro atoms. The van der Waals surface area contributed by atoms with Crippen LogP contribution in [0.3, 0.4) is 0 Å². The Morgan fingerprint density at radius 1 is 1.13 bits per heavy atom. The molecule has 1 atom stereocenters. The Labute approximate surface area is 179 Å². The van der Waals surface area contributed by atoms with Gasteiger partial charge in [-0.15, -0.1) is 0 Å². The Bertz CT molecular complexity index is 784. The molecule has 2 amide bonds. The number of nitrogens with zero attached hydrogens (tertiary/aromatic N) is 2. The molecule has 0 N–H and O–H groups in total. The van der Waals surface area contributed by atoms with Crippen LogP contribution < -0.4 is 5.46 Å². The van der Waals surface area contributed by atoms with Crippen molar-refractivity contribution in [3.8, 4) is 0 Å². The van der Waals surface area contributed by atoms with E-state index in [-0.39, 0.29) is 23.7 Å². The van der Waals surface area contributed by atoms with Crippen LogP contribution >= 0.6 is 0 Å². The third kappa shape index (κ3) is 5.76. The highest BCUT2D eigenvalue weighted by Crippen LogP contribution is 2.25. The van der Waals surface area contributed by atoms with Gasteiger partial charge in [0.05, 0.1) is 5.60 Å². The Morgan fingerprint density at radius 3 is 2.37 bits per heavy atom. The van der Waals surface area contributed by atoms with E-state index >= 15 is 0 Å². The molecule has 3 rings (SSSR count). The second-order valence-electron chi connectivity index (χ2n) is 9.75. The highest BCUT2D eigenvalue weighted by atomic mass is 16.6. The summed E-state index contributed by atoms with van der Waals surface area (Å²) in [5, 5.41) is 0. The number of amides is 2. The summed E-state index contributed by atoms with van der Waals surface area (Å²) in [5.74, 6) is -0.0520. The maximum absolute atomic E-state index is 13.0. The van der Waals surface area contributed by atoms with Crippen molar-refractivity contribution in [3.63, 3.8) is 0 Å². The van der Waals surface area contributed by atoms with E-state index in [0.717, 1.165) is 11.9 Å². The minimum atomic E-state index is -0.528. The predicted octanol–water partition coefficient (Wildman–Crippen LogP) is 2.68. The van der Waals surface area contributed by atoms with E-state index in [1.54, 1.807) is 9.80 Å². The van der Waals surface area contributed by atoms with Crippen molar-refractivity contribution in [1.29, 1.82) is 0 Å². The zero-order valence-electron chi connectivity index (χ0n) is 18.9. The van der Waals surface area contributed by atoms with Gasteiger partial charge in [0.25, 0.3) is 5.91 Å². The lowest BCUT2D eigenvalue weighted by atomic mass is 9.74. The zero-order chi connectivity index (χ0) is 22.1. The molecule has 0 bridgehead atoms. The van der Waals surface area contributed by atoms with Gasteiger partial charge < -0.3 is 23.8 Å². The Hall–Kier alpha value is -2.06. The lowest BCUT2D eigenvalue weighted by molar-refractivity contribution is -0.0230. The van der Waals surface area contributed by atoms with Crippen LogP contribution in [0.4, 0.5) is 4.79 Å². The first kappa shape index (κ1) is 22.6. The largest absolute Gasteiger partial charge is 0.494 e. The fourth-order valence-corrected chi connectivity index (χ4v) is 3.88. The maximum Gasteiger partial charge on any atom is 0.494 e. The molecule has 7 nitrogen and oxygen atoms in total. The van der Waals surface area contributed by atoms with E-state index in [4.69, 9.17) is 14.0 Å². The number of ether oxygens (including phenoxy) is 1. The van der Waals surface area contributed by atoms with E-state index in [2.05, 4.69) is 13.8 Å². The quantitative estimate of drug-likeness (QED) is 0.694. The van der Waals surface area contributed by atoms with Crippen molar-refractivity contribution in [1.82, 2.24) is 9.80 Å². The number of hydrogen-bond acceptors (Lipinski definition) is 5. The van der Waals surface area contributed by atoms with E-state index in [9.17, 15) is 9.59 Å². The molecule has 30 heavy (non-hydrogen) atoms. The first-order valence-electron chi connectivity index (χ1n) is 10.6. The van der Waals surface area contributed by atoms with E-state index in [1.807, 2.05) is 52.0 Å². The van der Waals surface area contributed by atoms with E-state index in [1.165, 1.54) is 0 Å². The monoisotopic (exact) mass is 416 g/mol. The summed E-state index contributed by atoms with van der Waals surface area (Å²) < 4.78 is 17.5. The van der Waals surface area contributed by atoms with Gasteiger partial charge in [-0.3, -0.25) is 4.79 Å². The number of carbonyl (C=O) groups excluding carboxylic acids is 2. The smallest absolute Gasteiger partial charge is 0.444 e. The van der Waals surface area contributed by atoms with Gasteiger partial charge in [-0.1, -0.05) is 12.1 Å². The third-order valence-corrected chi connectivity index (χ3v) is 5.19. The predicted molar refractivity (Wildman–Crippen MR) is 116 cm³/mol. The summed E-state index contributed by atoms with van der Waals surface area (Å²) in [6.07, 6.45) is 0.573. The summed E-state index contributed by atoms with van der Waals surface area (Å²) in [5.41, 5.74) is 0.634. The second-order valence-corrected chi connectivity index (χ2v) is 9.75. The van der Waals surface area contributed by atoms with Gasteiger partial charge in [-0.05, 0) is 65.6 Å². The summed E-state index contributed by atoms with van der Waals surface area (Å²) in [6.45, 7) is 13.6. The molecule has 0 saturated carbocycles. The van der Waals surface area contributed by atoms with Gasteiger partial charge in [-0.25, -0.2) is 4.79 Å². The van der Waals surface area contributed by atoms with Crippen LogP contribution in [-0.2, 0) is 14.0 Å². The normalized spacial score (nSPS) is 22.1. The molecule has 0 radical (unpaired) electrons. The summed E-state index contributed by atoms with van der Waals surface area (Å²) in [6, 6.07) is 7.44. The number of rotatable bonds is 2. The number of hydrogen-bond donors (Lipinski definition) is 0. The van der Waals surface area contributed by atoms with Gasteiger partial charge in [0, 0.05) is 37.8 Å². The molecule has 2 saturated heterocycles. The van der Waals surface area contributed by atoms with Crippen LogP contribution in [0, 0.1) is 0 Å². The minimum Gasteiger partial charge on any atom is -0.444 e. The van der Waals surface area contributed by atoms with Crippen LogP contribution in [0.25, 0.3) is 0 Å². The number of piperazine rings is 1. The fraction of sp³-hybridized carbons (Fsp3) is 0.636. The maximum atomic E-state index is 13.0. The molecule has 0 aliphatic carbocycles. The number of benzene rings is 1. The van der Waals surface area contributed by atoms with Crippen molar-refractivity contribution in [2.24, 2.45) is 0 Å². The lowest BCUT2D eigenvalue weighted by Gasteiger charge is -2.38. The molecule has 1 aromatic carbocycles. The average Bonchev–Trinajstić information content (AvgIpc) is 2.65. The first-order chi connectivity index (χ1) is 13.9. The Balaban J connectivity index is 1.63. The van der Waals surface area contributed by atoms with Crippen molar-refractivity contribution in [3.05, 3.63) is 29.8 Å². The summed E-state index contributed by atoms with van der Waals surface area (Å²) in [4.78, 5) is 28.7. The highest BCUT2D eigenvalue weighted by Gasteiger charge is 2.38. The average molecular weight is 416 g/mol. The van der Waals surface area contributed by atoms with Gasteiger partial charge in [0.1, 0.15) is 5.60 Å². The van der Waals surface area contributed by atoms with Crippen LogP contribution in [0.15, 0.2) is 24.3 Å². The lowest BCUT2D eigenvalue weighted by Crippen LogP contribution is -2.52. The third-order valence-electron chi connectivity index (χ3n) is 5.19. The molecule has 1 unspecified atom stereocenters. The topological polar surface area (TPSA) is 68.3 Å². The molecular formula is C22H33BN2O5. The van der Waals surface area contributed by atoms with Crippen LogP contribution in [0.1, 0.15) is 58.3 Å². The SMILES string of the molecule is CC1CC(C)(C)OB(c2cccc(C(=O)N3CCN(C(=O)OC(C)(C)C)CC3)c2)O1. The molecule has 0 aromatic heterocycles. The van der Waals surface area contributed by atoms with Crippen molar-refractivity contribution >= 4 is 24.6 Å². The van der Waals surface area contributed by atoms with Crippen LogP contribution in [0.5, 0.6) is 0 Å². The minimum absolute atomic E-state index is 0.0520. The standard InChI is InChI=1S/C22H33BN2O5/c1-16-15-22(5,6)30-23(29-16)18-9-7-8-17(14-18)19(26)24-10-12-25(13-11-24)20(27)28-21(2,3)4/h7-9,14,16H,10-13,15H2,1-6H3. The van der Waals surface area contributed by atoms with E-state index in [0.29, 0.717) is 31.7 Å². The molecule has 2 fully saturated rings. The molecule has 2 heterocycles. The molecule has 8 heteroatoms. The molecule has 2 aliphatic rings. The molecule has 1 aromatic rings. The van der Waals surface area contributed by atoms with Gasteiger partial charge in [0.2, 0.25) is 0 Å². The van der Waals surface area contributed by atoms with Crippen molar-refractivity contribution in [2.45, 2.75) is 65.3 Å². The fourth-order valence-electron chi connectivity index (χ4n) is 3.88. The van der Waals surface area contributed by atoms with Gasteiger partial charge in [-0.2, -0.15) is 0 Å². The van der Waals surface area contributed by atoms with E-state index < -0.39 is 12.7 Å². The molecule has 2 aliphatic heterocycles. The zero-order valence-corrected chi connectivity index (χ0v) is 18.9. The van der Waals surface area contributed by atoms with Gasteiger partial charge >= 0.3 is 13.2 Å². The van der Waals surface area contributed by atoms with Crippen molar-refractivity contribution in [2.75, 3.05) is 26.2 Å². The second kappa shape index (κ2) is 8.59. The highest BCUT2D eigenvalue weighted by molar-refractivity contribution is 6.61. The first-order valence-corrected chi connectivity index (χ1v) is 10.6. The molecule has 164 valence electrons. The van der Waals surface area contributed by atoms with Crippen LogP contribution in [-0.4, -0.2) is 72.4 Å². The summed E-state index contributed by atoms with van der Waals surface area (Å²) in [7, 11) is -0.486. The van der Waals surface area contributed by atoms with Gasteiger partial charge in [0.15, 0.2) is 0 Å². The summed E-state index contributed by atoms with van der Waals surface area (Å²) >= 11 is 0. The van der Waals surface area contributed by atoms with Crippen LogP contribution in [0.2, 0.25) is 0 Å². The van der Waals surface area contributed by atoms with Crippen molar-refractivity contribution < 1.29 is 23.6 Å². The Morgan fingerprint density at radius 2 is 1.77 bits per heavy atom.